The largest absolute Gasteiger partial charge is 0.373 e. The molecule has 5 heteroatoms. The highest BCUT2D eigenvalue weighted by Crippen LogP contribution is 2.46. The maximum Gasteiger partial charge on any atom is 0.135 e. The van der Waals surface area contributed by atoms with Crippen LogP contribution in [0, 0.1) is 0 Å². The van der Waals surface area contributed by atoms with Crippen LogP contribution >= 0.6 is 11.8 Å². The van der Waals surface area contributed by atoms with Gasteiger partial charge in [0.2, 0.25) is 0 Å². The van der Waals surface area contributed by atoms with Crippen LogP contribution in [0.2, 0.25) is 0 Å². The van der Waals surface area contributed by atoms with Crippen molar-refractivity contribution in [1.82, 2.24) is 9.97 Å². The van der Waals surface area contributed by atoms with Gasteiger partial charge in [-0.15, -0.1) is 0 Å². The van der Waals surface area contributed by atoms with E-state index in [0.717, 1.165) is 24.0 Å². The van der Waals surface area contributed by atoms with E-state index in [0.29, 0.717) is 10.7 Å². The highest BCUT2D eigenvalue weighted by molar-refractivity contribution is 8.00. The average molecular weight is 266 g/mol. The van der Waals surface area contributed by atoms with Gasteiger partial charge in [0.05, 0.1) is 0 Å². The van der Waals surface area contributed by atoms with E-state index in [4.69, 9.17) is 0 Å². The van der Waals surface area contributed by atoms with E-state index in [1.807, 2.05) is 24.9 Å². The zero-order chi connectivity index (χ0) is 13.2. The van der Waals surface area contributed by atoms with Crippen LogP contribution in [0.5, 0.6) is 0 Å². The Labute approximate surface area is 113 Å². The van der Waals surface area contributed by atoms with Crippen molar-refractivity contribution < 1.29 is 0 Å². The van der Waals surface area contributed by atoms with Crippen LogP contribution in [0.4, 0.5) is 11.6 Å². The summed E-state index contributed by atoms with van der Waals surface area (Å²) in [5.41, 5.74) is 0. The molecule has 0 amide bonds. The first-order valence-corrected chi connectivity index (χ1v) is 7.67. The van der Waals surface area contributed by atoms with Crippen molar-refractivity contribution in [3.8, 4) is 0 Å². The van der Waals surface area contributed by atoms with Gasteiger partial charge in [0.15, 0.2) is 0 Å². The Balaban J connectivity index is 2.09. The van der Waals surface area contributed by atoms with Gasteiger partial charge in [-0.05, 0) is 19.1 Å². The molecule has 2 N–H and O–H groups in total. The second kappa shape index (κ2) is 5.34. The smallest absolute Gasteiger partial charge is 0.135 e. The van der Waals surface area contributed by atoms with E-state index >= 15 is 0 Å². The molecule has 2 rings (SSSR count). The monoisotopic (exact) mass is 266 g/mol. The van der Waals surface area contributed by atoms with Gasteiger partial charge in [0, 0.05) is 30.3 Å². The van der Waals surface area contributed by atoms with Crippen molar-refractivity contribution in [1.29, 1.82) is 0 Å². The van der Waals surface area contributed by atoms with Crippen LogP contribution < -0.4 is 10.6 Å². The summed E-state index contributed by atoms with van der Waals surface area (Å²) in [6, 6.07) is 1.97. The zero-order valence-corrected chi connectivity index (χ0v) is 12.4. The zero-order valence-electron chi connectivity index (χ0n) is 11.6. The number of aromatic nitrogens is 2. The van der Waals surface area contributed by atoms with E-state index in [9.17, 15) is 0 Å². The Morgan fingerprint density at radius 3 is 2.50 bits per heavy atom. The third-order valence-electron chi connectivity index (χ3n) is 3.35. The third-order valence-corrected chi connectivity index (χ3v) is 4.77. The maximum absolute atomic E-state index is 4.57. The predicted octanol–water partition coefficient (Wildman–Crippen LogP) is 2.95. The maximum atomic E-state index is 4.57. The lowest BCUT2D eigenvalue weighted by atomic mass is 10.2. The molecule has 1 fully saturated rings. The molecule has 18 heavy (non-hydrogen) atoms. The van der Waals surface area contributed by atoms with Gasteiger partial charge in [-0.2, -0.15) is 11.8 Å². The minimum atomic E-state index is 0.342. The first kappa shape index (κ1) is 13.5. The van der Waals surface area contributed by atoms with Crippen LogP contribution in [0.25, 0.3) is 0 Å². The minimum absolute atomic E-state index is 0.342. The summed E-state index contributed by atoms with van der Waals surface area (Å²) in [5.74, 6) is 3.04. The topological polar surface area (TPSA) is 49.8 Å². The molecule has 0 bridgehead atoms. The SMILES string of the molecule is CNc1cc(NCC2(SC)CC2)nc(C(C)C)n1. The number of nitrogens with zero attached hydrogens (tertiary/aromatic N) is 2. The van der Waals surface area contributed by atoms with Gasteiger partial charge in [-0.1, -0.05) is 13.8 Å². The predicted molar refractivity (Wildman–Crippen MR) is 79.6 cm³/mol. The van der Waals surface area contributed by atoms with Crippen molar-refractivity contribution in [3.05, 3.63) is 11.9 Å². The lowest BCUT2D eigenvalue weighted by molar-refractivity contribution is 0.774. The van der Waals surface area contributed by atoms with Gasteiger partial charge >= 0.3 is 0 Å². The molecule has 100 valence electrons. The molecular formula is C13H22N4S. The third kappa shape index (κ3) is 3.07. The highest BCUT2D eigenvalue weighted by Gasteiger charge is 2.41. The molecule has 0 unspecified atom stereocenters. The molecule has 0 saturated heterocycles. The molecule has 1 heterocycles. The summed E-state index contributed by atoms with van der Waals surface area (Å²) in [5, 5.41) is 6.55. The van der Waals surface area contributed by atoms with Crippen LogP contribution in [0.15, 0.2) is 6.07 Å². The van der Waals surface area contributed by atoms with Crippen LogP contribution in [0.3, 0.4) is 0 Å². The van der Waals surface area contributed by atoms with Gasteiger partial charge in [-0.25, -0.2) is 9.97 Å². The lowest BCUT2D eigenvalue weighted by Crippen LogP contribution is -2.18. The Bertz CT molecular complexity index is 415. The fourth-order valence-corrected chi connectivity index (χ4v) is 2.51. The van der Waals surface area contributed by atoms with E-state index in [2.05, 4.69) is 40.7 Å². The van der Waals surface area contributed by atoms with Crippen molar-refractivity contribution in [2.75, 3.05) is 30.5 Å². The minimum Gasteiger partial charge on any atom is -0.373 e. The van der Waals surface area contributed by atoms with E-state index < -0.39 is 0 Å². The molecule has 1 aromatic rings. The molecular weight excluding hydrogens is 244 g/mol. The summed E-state index contributed by atoms with van der Waals surface area (Å²) in [4.78, 5) is 9.04. The van der Waals surface area contributed by atoms with Crippen LogP contribution in [-0.4, -0.2) is 34.6 Å². The molecule has 1 saturated carbocycles. The van der Waals surface area contributed by atoms with Crippen molar-refractivity contribution in [2.24, 2.45) is 0 Å². The number of rotatable bonds is 6. The second-order valence-corrected chi connectivity index (χ2v) is 6.42. The molecule has 0 aliphatic heterocycles. The number of anilines is 2. The molecule has 4 nitrogen and oxygen atoms in total. The van der Waals surface area contributed by atoms with E-state index in [1.54, 1.807) is 0 Å². The molecule has 1 aliphatic carbocycles. The normalized spacial score (nSPS) is 16.7. The summed E-state index contributed by atoms with van der Waals surface area (Å²) in [7, 11) is 1.89. The quantitative estimate of drug-likeness (QED) is 0.829. The summed E-state index contributed by atoms with van der Waals surface area (Å²) < 4.78 is 0.447. The van der Waals surface area contributed by atoms with Crippen molar-refractivity contribution >= 4 is 23.4 Å². The molecule has 0 radical (unpaired) electrons. The number of nitrogens with one attached hydrogen (secondary N) is 2. The van der Waals surface area contributed by atoms with Gasteiger partial charge in [-0.3, -0.25) is 0 Å². The Hall–Kier alpha value is -0.970. The first-order valence-electron chi connectivity index (χ1n) is 6.44. The first-order chi connectivity index (χ1) is 8.58. The number of hydrogen-bond donors (Lipinski definition) is 2. The Kier molecular flexibility index (Phi) is 4.00. The van der Waals surface area contributed by atoms with Crippen LogP contribution in [-0.2, 0) is 0 Å². The highest BCUT2D eigenvalue weighted by atomic mass is 32.2. The Morgan fingerprint density at radius 1 is 1.33 bits per heavy atom. The molecule has 1 aliphatic rings. The van der Waals surface area contributed by atoms with Gasteiger partial charge in [0.1, 0.15) is 17.5 Å². The van der Waals surface area contributed by atoms with Gasteiger partial charge in [0.25, 0.3) is 0 Å². The van der Waals surface area contributed by atoms with Crippen molar-refractivity contribution in [3.63, 3.8) is 0 Å². The summed E-state index contributed by atoms with van der Waals surface area (Å²) in [6.45, 7) is 5.22. The fraction of sp³-hybridized carbons (Fsp3) is 0.692. The summed E-state index contributed by atoms with van der Waals surface area (Å²) in [6.07, 6.45) is 4.80. The number of thioether (sulfide) groups is 1. The van der Waals surface area contributed by atoms with Crippen LogP contribution in [0.1, 0.15) is 38.4 Å². The summed E-state index contributed by atoms with van der Waals surface area (Å²) >= 11 is 1.96. The van der Waals surface area contributed by atoms with Crippen molar-refractivity contribution in [2.45, 2.75) is 37.4 Å². The van der Waals surface area contributed by atoms with E-state index in [1.165, 1.54) is 12.8 Å². The fourth-order valence-electron chi connectivity index (χ4n) is 1.79. The number of hydrogen-bond acceptors (Lipinski definition) is 5. The molecule has 1 aromatic heterocycles. The second-order valence-electron chi connectivity index (χ2n) is 5.14. The molecule has 0 spiro atoms. The average Bonchev–Trinajstić information content (AvgIpc) is 3.16. The lowest BCUT2D eigenvalue weighted by Gasteiger charge is -2.15. The standard InChI is InChI=1S/C13H22N4S/c1-9(2)12-16-10(14-3)7-11(17-12)15-8-13(18-4)5-6-13/h7,9H,5-6,8H2,1-4H3,(H2,14,15,16,17). The van der Waals surface area contributed by atoms with Gasteiger partial charge < -0.3 is 10.6 Å². The molecule has 0 atom stereocenters. The molecule has 0 aromatic carbocycles. The Morgan fingerprint density at radius 2 is 2.00 bits per heavy atom. The van der Waals surface area contributed by atoms with E-state index in [-0.39, 0.29) is 0 Å².